The van der Waals surface area contributed by atoms with Crippen LogP contribution in [0.15, 0.2) is 48.2 Å². The molecule has 30 heavy (non-hydrogen) atoms. The van der Waals surface area contributed by atoms with Gasteiger partial charge in [0.15, 0.2) is 0 Å². The summed E-state index contributed by atoms with van der Waals surface area (Å²) in [5, 5.41) is 14.6. The molecule has 2 aliphatic heterocycles. The number of morpholine rings is 1. The highest BCUT2D eigenvalue weighted by Gasteiger charge is 2.35. The number of carbonyl (C=O) groups is 2. The van der Waals surface area contributed by atoms with Crippen molar-refractivity contribution in [3.8, 4) is 0 Å². The number of imide groups is 1. The third kappa shape index (κ3) is 3.85. The monoisotopic (exact) mass is 428 g/mol. The standard InChI is InChI=1S/C20H17ClN4O5/c21-14-2-4-15(5-3-14)24-19(26)16(22-20(24)27)11-13-1-6-17(18(12-13)25(28)29)23-7-9-30-10-8-23/h1-6,11-12H,7-10H2,(H,22,27). The average Bonchev–Trinajstić information content (AvgIpc) is 3.02. The van der Waals surface area contributed by atoms with Gasteiger partial charge in [0.25, 0.3) is 11.6 Å². The van der Waals surface area contributed by atoms with Crippen molar-refractivity contribution in [3.63, 3.8) is 0 Å². The van der Waals surface area contributed by atoms with E-state index in [4.69, 9.17) is 16.3 Å². The molecule has 0 atom stereocenters. The molecule has 0 bridgehead atoms. The Labute approximate surface area is 176 Å². The van der Waals surface area contributed by atoms with Gasteiger partial charge in [0.05, 0.1) is 23.8 Å². The number of nitrogens with one attached hydrogen (secondary N) is 1. The van der Waals surface area contributed by atoms with E-state index >= 15 is 0 Å². The highest BCUT2D eigenvalue weighted by Crippen LogP contribution is 2.31. The minimum Gasteiger partial charge on any atom is -0.378 e. The van der Waals surface area contributed by atoms with E-state index in [1.165, 1.54) is 12.1 Å². The molecule has 154 valence electrons. The zero-order valence-electron chi connectivity index (χ0n) is 15.7. The third-order valence-electron chi connectivity index (χ3n) is 4.82. The second kappa shape index (κ2) is 8.13. The molecule has 4 rings (SSSR count). The van der Waals surface area contributed by atoms with Crippen molar-refractivity contribution in [3.05, 3.63) is 68.9 Å². The molecule has 0 radical (unpaired) electrons. The molecule has 0 saturated carbocycles. The van der Waals surface area contributed by atoms with E-state index in [2.05, 4.69) is 5.32 Å². The van der Waals surface area contributed by atoms with Crippen LogP contribution in [0.5, 0.6) is 0 Å². The minimum absolute atomic E-state index is 0.0309. The Morgan fingerprint density at radius 2 is 1.80 bits per heavy atom. The second-order valence-corrected chi connectivity index (χ2v) is 7.15. The summed E-state index contributed by atoms with van der Waals surface area (Å²) < 4.78 is 5.30. The molecule has 2 fully saturated rings. The summed E-state index contributed by atoms with van der Waals surface area (Å²) in [6.07, 6.45) is 1.42. The highest BCUT2D eigenvalue weighted by molar-refractivity contribution is 6.31. The number of rotatable bonds is 4. The lowest BCUT2D eigenvalue weighted by molar-refractivity contribution is -0.384. The first-order chi connectivity index (χ1) is 14.4. The normalized spacial score (nSPS) is 18.1. The van der Waals surface area contributed by atoms with Crippen LogP contribution in [0.3, 0.4) is 0 Å². The molecule has 2 heterocycles. The molecule has 0 spiro atoms. The SMILES string of the molecule is O=C1NC(=Cc2ccc(N3CCOCC3)c([N+](=O)[O-])c2)C(=O)N1c1ccc(Cl)cc1. The number of hydrogen-bond donors (Lipinski definition) is 1. The van der Waals surface area contributed by atoms with Crippen LogP contribution in [0, 0.1) is 10.1 Å². The number of hydrogen-bond acceptors (Lipinski definition) is 6. The topological polar surface area (TPSA) is 105 Å². The van der Waals surface area contributed by atoms with E-state index in [1.54, 1.807) is 36.4 Å². The summed E-state index contributed by atoms with van der Waals surface area (Å²) in [6, 6.07) is 10.4. The molecule has 0 aliphatic carbocycles. The van der Waals surface area contributed by atoms with Crippen molar-refractivity contribution in [2.24, 2.45) is 0 Å². The number of ether oxygens (including phenoxy) is 1. The summed E-state index contributed by atoms with van der Waals surface area (Å²) in [5.41, 5.74) is 1.26. The fraction of sp³-hybridized carbons (Fsp3) is 0.200. The number of urea groups is 1. The number of nitrogens with zero attached hydrogens (tertiary/aromatic N) is 3. The Kier molecular flexibility index (Phi) is 5.39. The van der Waals surface area contributed by atoms with Crippen LogP contribution in [0.1, 0.15) is 5.56 Å². The van der Waals surface area contributed by atoms with Crippen LogP contribution < -0.4 is 15.1 Å². The van der Waals surface area contributed by atoms with Crippen LogP contribution in [0.4, 0.5) is 21.9 Å². The zero-order chi connectivity index (χ0) is 21.3. The highest BCUT2D eigenvalue weighted by atomic mass is 35.5. The van der Waals surface area contributed by atoms with Crippen molar-refractivity contribution < 1.29 is 19.2 Å². The van der Waals surface area contributed by atoms with Gasteiger partial charge in [-0.15, -0.1) is 0 Å². The molecule has 2 saturated heterocycles. The quantitative estimate of drug-likeness (QED) is 0.347. The number of amides is 3. The third-order valence-corrected chi connectivity index (χ3v) is 5.07. The molecule has 2 aliphatic rings. The largest absolute Gasteiger partial charge is 0.378 e. The fourth-order valence-corrected chi connectivity index (χ4v) is 3.50. The first-order valence-corrected chi connectivity index (χ1v) is 9.55. The molecule has 2 aromatic carbocycles. The first-order valence-electron chi connectivity index (χ1n) is 9.18. The summed E-state index contributed by atoms with van der Waals surface area (Å²) >= 11 is 5.86. The Morgan fingerprint density at radius 3 is 2.47 bits per heavy atom. The molecule has 0 unspecified atom stereocenters. The first kappa shape index (κ1) is 19.9. The Morgan fingerprint density at radius 1 is 1.10 bits per heavy atom. The lowest BCUT2D eigenvalue weighted by atomic mass is 10.1. The summed E-state index contributed by atoms with van der Waals surface area (Å²) in [7, 11) is 0. The van der Waals surface area contributed by atoms with Gasteiger partial charge in [-0.2, -0.15) is 0 Å². The van der Waals surface area contributed by atoms with Crippen LogP contribution >= 0.6 is 11.6 Å². The second-order valence-electron chi connectivity index (χ2n) is 6.71. The number of nitro benzene ring substituents is 1. The maximum absolute atomic E-state index is 12.7. The van der Waals surface area contributed by atoms with Crippen molar-refractivity contribution in [1.29, 1.82) is 0 Å². The maximum atomic E-state index is 12.7. The Hall–Kier alpha value is -3.43. The van der Waals surface area contributed by atoms with Crippen LogP contribution in [0.25, 0.3) is 6.08 Å². The van der Waals surface area contributed by atoms with E-state index in [1.807, 2.05) is 4.90 Å². The van der Waals surface area contributed by atoms with Gasteiger partial charge in [-0.05, 0) is 42.0 Å². The Bertz CT molecular complexity index is 1050. The van der Waals surface area contributed by atoms with Gasteiger partial charge < -0.3 is 15.0 Å². The van der Waals surface area contributed by atoms with Crippen LogP contribution in [0.2, 0.25) is 5.02 Å². The summed E-state index contributed by atoms with van der Waals surface area (Å²) in [4.78, 5) is 39.1. The lowest BCUT2D eigenvalue weighted by Crippen LogP contribution is -2.36. The van der Waals surface area contributed by atoms with E-state index in [-0.39, 0.29) is 11.4 Å². The predicted octanol–water partition coefficient (Wildman–Crippen LogP) is 3.18. The Balaban J connectivity index is 1.63. The van der Waals surface area contributed by atoms with E-state index in [0.717, 1.165) is 4.90 Å². The van der Waals surface area contributed by atoms with Gasteiger partial charge in [-0.3, -0.25) is 14.9 Å². The van der Waals surface area contributed by atoms with Gasteiger partial charge in [-0.1, -0.05) is 17.7 Å². The summed E-state index contributed by atoms with van der Waals surface area (Å²) in [6.45, 7) is 2.13. The molecule has 0 aromatic heterocycles. The number of carbonyl (C=O) groups excluding carboxylic acids is 2. The molecule has 2 aromatic rings. The van der Waals surface area contributed by atoms with E-state index in [9.17, 15) is 19.7 Å². The molecule has 10 heteroatoms. The van der Waals surface area contributed by atoms with Crippen molar-refractivity contribution in [2.75, 3.05) is 36.1 Å². The van der Waals surface area contributed by atoms with Crippen molar-refractivity contribution in [2.45, 2.75) is 0 Å². The van der Waals surface area contributed by atoms with E-state index < -0.39 is 16.9 Å². The van der Waals surface area contributed by atoms with Crippen LogP contribution in [-0.2, 0) is 9.53 Å². The number of anilines is 2. The molecular weight excluding hydrogens is 412 g/mol. The number of nitro groups is 1. The van der Waals surface area contributed by atoms with Gasteiger partial charge in [0.1, 0.15) is 11.4 Å². The fourth-order valence-electron chi connectivity index (χ4n) is 3.37. The van der Waals surface area contributed by atoms with Gasteiger partial charge >= 0.3 is 6.03 Å². The summed E-state index contributed by atoms with van der Waals surface area (Å²) in [5.74, 6) is -0.553. The molecule has 3 amide bonds. The molecule has 1 N–H and O–H groups in total. The van der Waals surface area contributed by atoms with Gasteiger partial charge in [0.2, 0.25) is 0 Å². The average molecular weight is 429 g/mol. The van der Waals surface area contributed by atoms with Crippen molar-refractivity contribution >= 4 is 46.7 Å². The van der Waals surface area contributed by atoms with E-state index in [0.29, 0.717) is 48.3 Å². The number of benzene rings is 2. The molecule has 9 nitrogen and oxygen atoms in total. The lowest BCUT2D eigenvalue weighted by Gasteiger charge is -2.28. The maximum Gasteiger partial charge on any atom is 0.333 e. The smallest absolute Gasteiger partial charge is 0.333 e. The predicted molar refractivity (Wildman–Crippen MR) is 112 cm³/mol. The van der Waals surface area contributed by atoms with Gasteiger partial charge in [0, 0.05) is 24.2 Å². The molecular formula is C20H17ClN4O5. The van der Waals surface area contributed by atoms with Gasteiger partial charge in [-0.25, -0.2) is 9.69 Å². The zero-order valence-corrected chi connectivity index (χ0v) is 16.5. The number of halogens is 1. The minimum atomic E-state index is -0.604. The van der Waals surface area contributed by atoms with Crippen molar-refractivity contribution in [1.82, 2.24) is 5.32 Å². The van der Waals surface area contributed by atoms with Crippen LogP contribution in [-0.4, -0.2) is 43.2 Å².